The Kier molecular flexibility index (Phi) is 6.13. The van der Waals surface area contributed by atoms with E-state index in [-0.39, 0.29) is 0 Å². The van der Waals surface area contributed by atoms with Gasteiger partial charge in [0.05, 0.1) is 0 Å². The molecule has 108 valence electrons. The Hall–Kier alpha value is -0.0800. The highest BCUT2D eigenvalue weighted by Crippen LogP contribution is 2.34. The van der Waals surface area contributed by atoms with Crippen LogP contribution in [0.2, 0.25) is 0 Å². The van der Waals surface area contributed by atoms with Crippen molar-refractivity contribution in [3.63, 3.8) is 0 Å². The largest absolute Gasteiger partial charge is 0.329 e. The molecule has 2 unspecified atom stereocenters. The molecule has 0 spiro atoms. The molecule has 0 saturated carbocycles. The Balaban J connectivity index is 2.54. The van der Waals surface area contributed by atoms with E-state index in [9.17, 15) is 0 Å². The molecule has 0 bridgehead atoms. The average Bonchev–Trinajstić information content (AvgIpc) is 2.50. The monoisotopic (exact) mass is 254 g/mol. The van der Waals surface area contributed by atoms with Crippen molar-refractivity contribution in [3.05, 3.63) is 0 Å². The van der Waals surface area contributed by atoms with Crippen molar-refractivity contribution < 1.29 is 0 Å². The first kappa shape index (κ1) is 16.0. The molecular formula is C16H34N2. The maximum absolute atomic E-state index is 5.98. The van der Waals surface area contributed by atoms with Crippen molar-refractivity contribution in [2.45, 2.75) is 66.3 Å². The highest BCUT2D eigenvalue weighted by molar-refractivity contribution is 4.82. The van der Waals surface area contributed by atoms with E-state index >= 15 is 0 Å². The zero-order valence-electron chi connectivity index (χ0n) is 13.2. The summed E-state index contributed by atoms with van der Waals surface area (Å²) in [4.78, 5) is 2.66. The zero-order chi connectivity index (χ0) is 13.8. The van der Waals surface area contributed by atoms with Crippen molar-refractivity contribution in [2.75, 3.05) is 19.6 Å². The zero-order valence-corrected chi connectivity index (χ0v) is 13.2. The van der Waals surface area contributed by atoms with E-state index in [1.807, 2.05) is 0 Å². The fourth-order valence-electron chi connectivity index (χ4n) is 3.29. The smallest absolute Gasteiger partial charge is 0.0220 e. The van der Waals surface area contributed by atoms with Gasteiger partial charge in [-0.25, -0.2) is 0 Å². The van der Waals surface area contributed by atoms with Crippen LogP contribution in [0, 0.1) is 17.3 Å². The van der Waals surface area contributed by atoms with Crippen LogP contribution in [-0.2, 0) is 0 Å². The summed E-state index contributed by atoms with van der Waals surface area (Å²) in [5, 5.41) is 0. The predicted molar refractivity (Wildman–Crippen MR) is 80.7 cm³/mol. The lowest BCUT2D eigenvalue weighted by molar-refractivity contribution is 0.169. The van der Waals surface area contributed by atoms with Gasteiger partial charge < -0.3 is 5.73 Å². The summed E-state index contributed by atoms with van der Waals surface area (Å²) in [7, 11) is 0. The molecule has 18 heavy (non-hydrogen) atoms. The first-order chi connectivity index (χ1) is 8.34. The van der Waals surface area contributed by atoms with Crippen molar-refractivity contribution >= 4 is 0 Å². The fourth-order valence-corrected chi connectivity index (χ4v) is 3.29. The fraction of sp³-hybridized carbons (Fsp3) is 1.00. The van der Waals surface area contributed by atoms with Gasteiger partial charge in [0.1, 0.15) is 0 Å². The Morgan fingerprint density at radius 2 is 1.83 bits per heavy atom. The Labute approximate surface area is 114 Å². The molecule has 1 aliphatic rings. The van der Waals surface area contributed by atoms with E-state index in [2.05, 4.69) is 39.5 Å². The molecule has 2 N–H and O–H groups in total. The Bertz CT molecular complexity index is 230. The molecule has 2 nitrogen and oxygen atoms in total. The molecular weight excluding hydrogens is 220 g/mol. The molecule has 0 aromatic heterocycles. The molecule has 1 rings (SSSR count). The van der Waals surface area contributed by atoms with Crippen molar-refractivity contribution in [1.29, 1.82) is 0 Å². The second-order valence-corrected chi connectivity index (χ2v) is 7.55. The quantitative estimate of drug-likeness (QED) is 0.832. The first-order valence-electron chi connectivity index (χ1n) is 7.78. The minimum absolute atomic E-state index is 0.465. The van der Waals surface area contributed by atoms with Crippen LogP contribution in [0.15, 0.2) is 0 Å². The molecule has 0 radical (unpaired) electrons. The predicted octanol–water partition coefficient (Wildman–Crippen LogP) is 3.51. The molecule has 0 aliphatic carbocycles. The second-order valence-electron chi connectivity index (χ2n) is 7.55. The lowest BCUT2D eigenvalue weighted by Crippen LogP contribution is -2.42. The van der Waals surface area contributed by atoms with Crippen LogP contribution in [0.1, 0.15) is 60.3 Å². The third kappa shape index (κ3) is 4.89. The summed E-state index contributed by atoms with van der Waals surface area (Å²) < 4.78 is 0. The molecule has 1 heterocycles. The van der Waals surface area contributed by atoms with Crippen LogP contribution >= 0.6 is 0 Å². The number of hydrogen-bond donors (Lipinski definition) is 1. The second kappa shape index (κ2) is 6.91. The van der Waals surface area contributed by atoms with Gasteiger partial charge >= 0.3 is 0 Å². The molecule has 2 atom stereocenters. The van der Waals surface area contributed by atoms with E-state index in [1.165, 1.54) is 38.8 Å². The van der Waals surface area contributed by atoms with Gasteiger partial charge in [-0.2, -0.15) is 0 Å². The molecule has 2 heteroatoms. The summed E-state index contributed by atoms with van der Waals surface area (Å²) in [5.41, 5.74) is 6.45. The topological polar surface area (TPSA) is 29.3 Å². The maximum atomic E-state index is 5.98. The average molecular weight is 254 g/mol. The molecule has 0 aromatic carbocycles. The Morgan fingerprint density at radius 1 is 1.17 bits per heavy atom. The number of hydrogen-bond acceptors (Lipinski definition) is 2. The summed E-state index contributed by atoms with van der Waals surface area (Å²) in [6, 6.07) is 0.601. The van der Waals surface area contributed by atoms with E-state index in [4.69, 9.17) is 5.73 Å². The SMILES string of the molecule is CC(C)CC(CN)N1CCCC(C(C)(C)C)CC1. The number of nitrogens with zero attached hydrogens (tertiary/aromatic N) is 1. The third-order valence-electron chi connectivity index (χ3n) is 4.52. The van der Waals surface area contributed by atoms with Gasteiger partial charge in [0.15, 0.2) is 0 Å². The normalized spacial score (nSPS) is 25.2. The molecule has 1 aliphatic heterocycles. The number of rotatable bonds is 4. The van der Waals surface area contributed by atoms with Gasteiger partial charge in [0.25, 0.3) is 0 Å². The van der Waals surface area contributed by atoms with Crippen molar-refractivity contribution in [1.82, 2.24) is 4.90 Å². The van der Waals surface area contributed by atoms with E-state index in [0.29, 0.717) is 11.5 Å². The van der Waals surface area contributed by atoms with Crippen molar-refractivity contribution in [2.24, 2.45) is 23.0 Å². The number of nitrogens with two attached hydrogens (primary N) is 1. The van der Waals surface area contributed by atoms with Crippen LogP contribution in [0.5, 0.6) is 0 Å². The van der Waals surface area contributed by atoms with Crippen LogP contribution in [0.4, 0.5) is 0 Å². The van der Waals surface area contributed by atoms with Gasteiger partial charge in [0.2, 0.25) is 0 Å². The standard InChI is InChI=1S/C16H34N2/c1-13(2)11-15(12-17)18-9-6-7-14(8-10-18)16(3,4)5/h13-15H,6-12,17H2,1-5H3. The van der Waals surface area contributed by atoms with Gasteiger partial charge in [-0.1, -0.05) is 34.6 Å². The lowest BCUT2D eigenvalue weighted by atomic mass is 9.77. The summed E-state index contributed by atoms with van der Waals surface area (Å²) in [5.74, 6) is 1.63. The maximum Gasteiger partial charge on any atom is 0.0220 e. The van der Waals surface area contributed by atoms with Crippen LogP contribution in [0.3, 0.4) is 0 Å². The van der Waals surface area contributed by atoms with Crippen molar-refractivity contribution in [3.8, 4) is 0 Å². The number of likely N-dealkylation sites (tertiary alicyclic amines) is 1. The third-order valence-corrected chi connectivity index (χ3v) is 4.52. The van der Waals surface area contributed by atoms with Gasteiger partial charge in [-0.15, -0.1) is 0 Å². The van der Waals surface area contributed by atoms with Gasteiger partial charge in [-0.3, -0.25) is 4.90 Å². The summed E-state index contributed by atoms with van der Waals surface area (Å²) in [6.07, 6.45) is 5.32. The molecule has 1 saturated heterocycles. The summed E-state index contributed by atoms with van der Waals surface area (Å²) in [6.45, 7) is 15.1. The van der Waals surface area contributed by atoms with Crippen LogP contribution < -0.4 is 5.73 Å². The minimum Gasteiger partial charge on any atom is -0.329 e. The highest BCUT2D eigenvalue weighted by Gasteiger charge is 2.29. The van der Waals surface area contributed by atoms with Crippen LogP contribution in [-0.4, -0.2) is 30.6 Å². The van der Waals surface area contributed by atoms with E-state index < -0.39 is 0 Å². The molecule has 1 fully saturated rings. The van der Waals surface area contributed by atoms with E-state index in [0.717, 1.165) is 18.4 Å². The molecule has 0 amide bonds. The molecule has 0 aromatic rings. The van der Waals surface area contributed by atoms with Gasteiger partial charge in [0, 0.05) is 12.6 Å². The lowest BCUT2D eigenvalue weighted by Gasteiger charge is -2.32. The van der Waals surface area contributed by atoms with E-state index in [1.54, 1.807) is 0 Å². The van der Waals surface area contributed by atoms with Crippen LogP contribution in [0.25, 0.3) is 0 Å². The Morgan fingerprint density at radius 3 is 2.33 bits per heavy atom. The first-order valence-corrected chi connectivity index (χ1v) is 7.78. The summed E-state index contributed by atoms with van der Waals surface area (Å²) >= 11 is 0. The highest BCUT2D eigenvalue weighted by atomic mass is 15.2. The minimum atomic E-state index is 0.465. The van der Waals surface area contributed by atoms with Gasteiger partial charge in [-0.05, 0) is 56.0 Å².